The van der Waals surface area contributed by atoms with Crippen LogP contribution in [0.3, 0.4) is 0 Å². The van der Waals surface area contributed by atoms with Gasteiger partial charge in [-0.15, -0.1) is 0 Å². The third-order valence-electron chi connectivity index (χ3n) is 4.65. The van der Waals surface area contributed by atoms with Crippen molar-refractivity contribution < 1.29 is 13.2 Å². The van der Waals surface area contributed by atoms with E-state index in [4.69, 9.17) is 0 Å². The summed E-state index contributed by atoms with van der Waals surface area (Å²) in [7, 11) is 0. The van der Waals surface area contributed by atoms with Crippen molar-refractivity contribution in [1.29, 1.82) is 0 Å². The van der Waals surface area contributed by atoms with Crippen LogP contribution < -0.4 is 0 Å². The number of piperidine rings is 1. The van der Waals surface area contributed by atoms with Gasteiger partial charge in [-0.2, -0.15) is 13.2 Å². The Morgan fingerprint density at radius 3 is 2.58 bits per heavy atom. The summed E-state index contributed by atoms with van der Waals surface area (Å²) in [5.41, 5.74) is 0. The van der Waals surface area contributed by atoms with Crippen LogP contribution >= 0.6 is 0 Å². The van der Waals surface area contributed by atoms with Gasteiger partial charge >= 0.3 is 6.18 Å². The molecule has 0 aromatic rings. The Kier molecular flexibility index (Phi) is 4.77. The van der Waals surface area contributed by atoms with E-state index in [0.29, 0.717) is 6.04 Å². The third kappa shape index (κ3) is 3.85. The topological polar surface area (TPSA) is 6.48 Å². The Labute approximate surface area is 113 Å². The van der Waals surface area contributed by atoms with Gasteiger partial charge in [0.2, 0.25) is 0 Å². The van der Waals surface area contributed by atoms with E-state index < -0.39 is 18.6 Å². The summed E-state index contributed by atoms with van der Waals surface area (Å²) in [6.07, 6.45) is -0.195. The molecule has 0 aromatic heterocycles. The molecular weight excluding hydrogens is 253 g/mol. The fourth-order valence-corrected chi connectivity index (χ4v) is 3.63. The largest absolute Gasteiger partial charge is 0.390 e. The smallest absolute Gasteiger partial charge is 0.298 e. The number of piperazine rings is 1. The van der Waals surface area contributed by atoms with Crippen LogP contribution in [-0.2, 0) is 0 Å². The van der Waals surface area contributed by atoms with Crippen molar-refractivity contribution in [3.8, 4) is 0 Å². The number of halogens is 3. The van der Waals surface area contributed by atoms with Crippen LogP contribution in [-0.4, -0.2) is 53.7 Å². The van der Waals surface area contributed by atoms with E-state index in [1.165, 1.54) is 12.8 Å². The Morgan fingerprint density at radius 1 is 1.21 bits per heavy atom. The van der Waals surface area contributed by atoms with E-state index in [1.807, 2.05) is 0 Å². The molecule has 112 valence electrons. The molecule has 0 radical (unpaired) electrons. The summed E-state index contributed by atoms with van der Waals surface area (Å²) >= 11 is 0. The molecule has 5 heteroatoms. The van der Waals surface area contributed by atoms with Crippen LogP contribution in [0.1, 0.15) is 46.0 Å². The highest BCUT2D eigenvalue weighted by molar-refractivity contribution is 4.92. The highest BCUT2D eigenvalue weighted by atomic mass is 19.4. The number of rotatable bonds is 3. The molecule has 2 nitrogen and oxygen atoms in total. The maximum absolute atomic E-state index is 12.6. The van der Waals surface area contributed by atoms with Gasteiger partial charge in [-0.1, -0.05) is 13.3 Å². The van der Waals surface area contributed by atoms with Crippen LogP contribution in [0.15, 0.2) is 0 Å². The van der Waals surface area contributed by atoms with Gasteiger partial charge < -0.3 is 0 Å². The molecule has 2 aliphatic rings. The zero-order valence-corrected chi connectivity index (χ0v) is 11.9. The van der Waals surface area contributed by atoms with Gasteiger partial charge in [-0.25, -0.2) is 0 Å². The first-order valence-electron chi connectivity index (χ1n) is 7.47. The van der Waals surface area contributed by atoms with Gasteiger partial charge in [0.25, 0.3) is 0 Å². The van der Waals surface area contributed by atoms with Crippen LogP contribution in [0.2, 0.25) is 0 Å². The molecule has 0 aromatic carbocycles. The molecule has 0 saturated carbocycles. The minimum absolute atomic E-state index is 0.284. The average molecular weight is 278 g/mol. The van der Waals surface area contributed by atoms with Gasteiger partial charge in [0.15, 0.2) is 0 Å². The number of nitrogens with zero attached hydrogens (tertiary/aromatic N) is 2. The first-order valence-corrected chi connectivity index (χ1v) is 7.47. The molecule has 19 heavy (non-hydrogen) atoms. The fourth-order valence-electron chi connectivity index (χ4n) is 3.63. The Balaban J connectivity index is 2.01. The van der Waals surface area contributed by atoms with Gasteiger partial charge in [0.1, 0.15) is 0 Å². The zero-order chi connectivity index (χ0) is 14.0. The van der Waals surface area contributed by atoms with Gasteiger partial charge in [-0.05, 0) is 32.7 Å². The molecule has 3 unspecified atom stereocenters. The summed E-state index contributed by atoms with van der Waals surface area (Å²) in [5.74, 6) is 0. The monoisotopic (exact) mass is 278 g/mol. The molecule has 2 heterocycles. The minimum atomic E-state index is -4.05. The lowest BCUT2D eigenvalue weighted by Crippen LogP contribution is -2.61. The quantitative estimate of drug-likeness (QED) is 0.781. The highest BCUT2D eigenvalue weighted by Crippen LogP contribution is 2.30. The SMILES string of the molecule is CCC1CN2CCCCC2CN1C(C)CC(F)(F)F. The normalized spacial score (nSPS) is 32.1. The van der Waals surface area contributed by atoms with E-state index in [-0.39, 0.29) is 6.04 Å². The molecule has 3 atom stereocenters. The van der Waals surface area contributed by atoms with Crippen molar-refractivity contribution in [1.82, 2.24) is 9.80 Å². The molecule has 0 bridgehead atoms. The molecule has 0 aliphatic carbocycles. The predicted octanol–water partition coefficient (Wildman–Crippen LogP) is 3.28. The summed E-state index contributed by atoms with van der Waals surface area (Å²) in [5, 5.41) is 0. The maximum atomic E-state index is 12.6. The van der Waals surface area contributed by atoms with Gasteiger partial charge in [0.05, 0.1) is 6.42 Å². The van der Waals surface area contributed by atoms with Gasteiger partial charge in [0, 0.05) is 31.2 Å². The molecule has 0 N–H and O–H groups in total. The van der Waals surface area contributed by atoms with Crippen molar-refractivity contribution in [3.05, 3.63) is 0 Å². The lowest BCUT2D eigenvalue weighted by Gasteiger charge is -2.50. The number of alkyl halides is 3. The van der Waals surface area contributed by atoms with Crippen molar-refractivity contribution in [3.63, 3.8) is 0 Å². The van der Waals surface area contributed by atoms with Gasteiger partial charge in [-0.3, -0.25) is 9.80 Å². The third-order valence-corrected chi connectivity index (χ3v) is 4.65. The van der Waals surface area contributed by atoms with E-state index >= 15 is 0 Å². The van der Waals surface area contributed by atoms with E-state index in [9.17, 15) is 13.2 Å². The molecule has 2 fully saturated rings. The summed E-state index contributed by atoms with van der Waals surface area (Å²) < 4.78 is 37.8. The summed E-state index contributed by atoms with van der Waals surface area (Å²) in [6.45, 7) is 6.71. The maximum Gasteiger partial charge on any atom is 0.390 e. The van der Waals surface area contributed by atoms with E-state index in [0.717, 1.165) is 32.5 Å². The Morgan fingerprint density at radius 2 is 1.95 bits per heavy atom. The molecule has 0 amide bonds. The van der Waals surface area contributed by atoms with Crippen molar-refractivity contribution >= 4 is 0 Å². The second kappa shape index (κ2) is 6.00. The molecular formula is C14H25F3N2. The summed E-state index contributed by atoms with van der Waals surface area (Å²) in [4.78, 5) is 4.61. The summed E-state index contributed by atoms with van der Waals surface area (Å²) in [6, 6.07) is 0.368. The first kappa shape index (κ1) is 15.1. The van der Waals surface area contributed by atoms with Crippen molar-refractivity contribution in [2.24, 2.45) is 0 Å². The van der Waals surface area contributed by atoms with Crippen molar-refractivity contribution in [2.45, 2.75) is 70.3 Å². The average Bonchev–Trinajstić information content (AvgIpc) is 2.35. The van der Waals surface area contributed by atoms with Crippen LogP contribution in [0.4, 0.5) is 13.2 Å². The number of hydrogen-bond acceptors (Lipinski definition) is 2. The molecule has 2 rings (SSSR count). The second-order valence-electron chi connectivity index (χ2n) is 6.07. The highest BCUT2D eigenvalue weighted by Gasteiger charge is 2.39. The lowest BCUT2D eigenvalue weighted by atomic mass is 9.94. The first-order chi connectivity index (χ1) is 8.90. The van der Waals surface area contributed by atoms with Crippen LogP contribution in [0, 0.1) is 0 Å². The zero-order valence-electron chi connectivity index (χ0n) is 11.9. The minimum Gasteiger partial charge on any atom is -0.298 e. The fraction of sp³-hybridized carbons (Fsp3) is 1.00. The van der Waals surface area contributed by atoms with E-state index in [1.54, 1.807) is 6.92 Å². The Bertz CT molecular complexity index is 293. The van der Waals surface area contributed by atoms with E-state index in [2.05, 4.69) is 16.7 Å². The second-order valence-corrected chi connectivity index (χ2v) is 6.07. The predicted molar refractivity (Wildman–Crippen MR) is 70.1 cm³/mol. The lowest BCUT2D eigenvalue weighted by molar-refractivity contribution is -0.152. The molecule has 0 spiro atoms. The standard InChI is InChI=1S/C14H25F3N2/c1-3-12-9-18-7-5-4-6-13(18)10-19(12)11(2)8-14(15,16)17/h11-13H,3-10H2,1-2H3. The molecule has 2 aliphatic heterocycles. The molecule has 2 saturated heterocycles. The van der Waals surface area contributed by atoms with Crippen LogP contribution in [0.25, 0.3) is 0 Å². The van der Waals surface area contributed by atoms with Crippen LogP contribution in [0.5, 0.6) is 0 Å². The number of hydrogen-bond donors (Lipinski definition) is 0. The van der Waals surface area contributed by atoms with Crippen molar-refractivity contribution in [2.75, 3.05) is 19.6 Å². The number of fused-ring (bicyclic) bond motifs is 1. The Hall–Kier alpha value is -0.290.